The van der Waals surface area contributed by atoms with Gasteiger partial charge in [-0.05, 0) is 38.0 Å². The van der Waals surface area contributed by atoms with Crippen LogP contribution < -0.4 is 17.2 Å². The molecular weight excluding hydrogens is 306 g/mol. The number of hydrogen-bond acceptors (Lipinski definition) is 8. The van der Waals surface area contributed by atoms with Gasteiger partial charge in [0, 0.05) is 0 Å². The van der Waals surface area contributed by atoms with Gasteiger partial charge in [-0.15, -0.1) is 0 Å². The molecule has 8 nitrogen and oxygen atoms in total. The maximum absolute atomic E-state index is 10.3. The van der Waals surface area contributed by atoms with E-state index in [1.54, 1.807) is 6.08 Å². The number of isocyanates is 1. The third-order valence-electron chi connectivity index (χ3n) is 3.07. The lowest BCUT2D eigenvalue weighted by molar-refractivity contribution is 0.523. The molecule has 0 radical (unpaired) electrons. The number of aliphatic imine (C=N–C) groups is 1. The van der Waals surface area contributed by atoms with E-state index in [9.17, 15) is 4.79 Å². The topological polar surface area (TPSA) is 146 Å². The number of hydrogen-bond donors (Lipinski definition) is 3. The molecule has 0 saturated carbocycles. The van der Waals surface area contributed by atoms with Crippen LogP contribution in [0.3, 0.4) is 0 Å². The predicted octanol–water partition coefficient (Wildman–Crippen LogP) is 1.91. The highest BCUT2D eigenvalue weighted by molar-refractivity contribution is 5.62. The van der Waals surface area contributed by atoms with Gasteiger partial charge in [0.15, 0.2) is 0 Å². The van der Waals surface area contributed by atoms with Crippen molar-refractivity contribution in [3.8, 4) is 0 Å². The molecular formula is C16H21N7O. The first-order chi connectivity index (χ1) is 11.2. The molecule has 0 saturated heterocycles. The fraction of sp³-hybridized carbons (Fsp3) is 0.250. The van der Waals surface area contributed by atoms with Crippen LogP contribution in [-0.4, -0.2) is 21.0 Å². The molecule has 6 N–H and O–H groups in total. The average molecular weight is 327 g/mol. The summed E-state index contributed by atoms with van der Waals surface area (Å²) in [5.74, 6) is 0.125. The molecule has 0 bridgehead atoms. The highest BCUT2D eigenvalue weighted by Crippen LogP contribution is 2.26. The highest BCUT2D eigenvalue weighted by atomic mass is 16.1. The third kappa shape index (κ3) is 5.51. The second-order valence-corrected chi connectivity index (χ2v) is 5.53. The zero-order chi connectivity index (χ0) is 18.3. The van der Waals surface area contributed by atoms with Gasteiger partial charge in [0.05, 0.1) is 5.54 Å². The fourth-order valence-electron chi connectivity index (χ4n) is 1.77. The Morgan fingerprint density at radius 3 is 2.04 bits per heavy atom. The molecule has 8 heteroatoms. The van der Waals surface area contributed by atoms with Crippen LogP contribution in [0.2, 0.25) is 0 Å². The minimum absolute atomic E-state index is 0.0417. The van der Waals surface area contributed by atoms with Crippen LogP contribution in [0.25, 0.3) is 5.57 Å². The smallest absolute Gasteiger partial charge is 0.235 e. The summed E-state index contributed by atoms with van der Waals surface area (Å²) in [5.41, 5.74) is 18.0. The quantitative estimate of drug-likeness (QED) is 0.576. The monoisotopic (exact) mass is 327 g/mol. The van der Waals surface area contributed by atoms with E-state index in [4.69, 9.17) is 17.2 Å². The van der Waals surface area contributed by atoms with Crippen LogP contribution in [0.4, 0.5) is 17.8 Å². The van der Waals surface area contributed by atoms with E-state index in [1.807, 2.05) is 45.0 Å². The Hall–Kier alpha value is -3.25. The molecule has 0 spiro atoms. The summed E-state index contributed by atoms with van der Waals surface area (Å²) < 4.78 is 0. The summed E-state index contributed by atoms with van der Waals surface area (Å²) in [7, 11) is 0. The first-order valence-corrected chi connectivity index (χ1v) is 7.03. The number of nitrogen functional groups attached to an aromatic ring is 3. The summed E-state index contributed by atoms with van der Waals surface area (Å²) in [5, 5.41) is 0. The molecule has 0 atom stereocenters. The van der Waals surface area contributed by atoms with E-state index < -0.39 is 5.54 Å². The van der Waals surface area contributed by atoms with E-state index in [0.29, 0.717) is 0 Å². The first-order valence-electron chi connectivity index (χ1n) is 7.03. The SMILES string of the molecule is C=C(C)c1cccc(C(C)(C)N=C=O)c1.Nc1nc(N)nc(N)n1. The Bertz CT molecular complexity index is 729. The molecule has 126 valence electrons. The third-order valence-corrected chi connectivity index (χ3v) is 3.07. The van der Waals surface area contributed by atoms with Crippen molar-refractivity contribution < 1.29 is 4.79 Å². The van der Waals surface area contributed by atoms with Crippen LogP contribution in [0.1, 0.15) is 31.9 Å². The summed E-state index contributed by atoms with van der Waals surface area (Å²) in [6, 6.07) is 7.89. The van der Waals surface area contributed by atoms with E-state index >= 15 is 0 Å². The molecule has 0 unspecified atom stereocenters. The molecule has 2 aromatic rings. The van der Waals surface area contributed by atoms with Crippen LogP contribution in [0.15, 0.2) is 35.8 Å². The van der Waals surface area contributed by atoms with E-state index in [2.05, 4.69) is 26.5 Å². The average Bonchev–Trinajstić information content (AvgIpc) is 2.46. The number of aromatic nitrogens is 3. The summed E-state index contributed by atoms with van der Waals surface area (Å²) in [6.07, 6.45) is 1.61. The minimum atomic E-state index is -0.521. The number of allylic oxidation sites excluding steroid dienone is 1. The highest BCUT2D eigenvalue weighted by Gasteiger charge is 2.19. The van der Waals surface area contributed by atoms with Crippen molar-refractivity contribution in [1.82, 2.24) is 15.0 Å². The Morgan fingerprint density at radius 1 is 1.12 bits per heavy atom. The van der Waals surface area contributed by atoms with Gasteiger partial charge in [-0.2, -0.15) is 19.9 Å². The summed E-state index contributed by atoms with van der Waals surface area (Å²) in [6.45, 7) is 9.61. The molecule has 0 aliphatic rings. The van der Waals surface area contributed by atoms with Crippen LogP contribution in [0, 0.1) is 0 Å². The molecule has 0 fully saturated rings. The van der Waals surface area contributed by atoms with Gasteiger partial charge in [-0.25, -0.2) is 4.79 Å². The second kappa shape index (κ2) is 7.85. The number of nitrogens with two attached hydrogens (primary N) is 3. The first kappa shape index (κ1) is 18.8. The lowest BCUT2D eigenvalue weighted by atomic mass is 9.92. The molecule has 24 heavy (non-hydrogen) atoms. The molecule has 0 amide bonds. The molecule has 0 aliphatic carbocycles. The Balaban J connectivity index is 0.000000272. The number of carbonyl (C=O) groups excluding carboxylic acids is 1. The minimum Gasteiger partial charge on any atom is -0.368 e. The van der Waals surface area contributed by atoms with Crippen molar-refractivity contribution in [2.24, 2.45) is 4.99 Å². The number of benzene rings is 1. The van der Waals surface area contributed by atoms with Crippen molar-refractivity contribution in [2.75, 3.05) is 17.2 Å². The van der Waals surface area contributed by atoms with Gasteiger partial charge in [-0.3, -0.25) is 0 Å². The maximum atomic E-state index is 10.3. The van der Waals surface area contributed by atoms with Crippen LogP contribution in [-0.2, 0) is 10.3 Å². The standard InChI is InChI=1S/C13H15NO.C3H6N6/c1-10(2)11-6-5-7-12(8-11)13(3,4)14-9-15;4-1-7-2(5)9-3(6)8-1/h5-8H,1H2,2-4H3;(H6,4,5,6,7,8,9). The molecule has 0 aliphatic heterocycles. The molecule has 2 rings (SSSR count). The van der Waals surface area contributed by atoms with Crippen molar-refractivity contribution in [1.29, 1.82) is 0 Å². The molecule has 1 aromatic carbocycles. The van der Waals surface area contributed by atoms with Gasteiger partial charge in [0.25, 0.3) is 0 Å². The predicted molar refractivity (Wildman–Crippen MR) is 95.4 cm³/mol. The van der Waals surface area contributed by atoms with E-state index in [1.165, 1.54) is 0 Å². The number of rotatable bonds is 3. The lowest BCUT2D eigenvalue weighted by Crippen LogP contribution is -2.13. The van der Waals surface area contributed by atoms with Crippen molar-refractivity contribution in [2.45, 2.75) is 26.3 Å². The van der Waals surface area contributed by atoms with Gasteiger partial charge >= 0.3 is 0 Å². The van der Waals surface area contributed by atoms with E-state index in [0.717, 1.165) is 16.7 Å². The van der Waals surface area contributed by atoms with Gasteiger partial charge < -0.3 is 17.2 Å². The zero-order valence-electron chi connectivity index (χ0n) is 13.9. The second-order valence-electron chi connectivity index (χ2n) is 5.53. The number of nitrogens with zero attached hydrogens (tertiary/aromatic N) is 4. The normalized spacial score (nSPS) is 10.1. The zero-order valence-corrected chi connectivity index (χ0v) is 13.9. The van der Waals surface area contributed by atoms with Crippen LogP contribution in [0.5, 0.6) is 0 Å². The Kier molecular flexibility index (Phi) is 6.14. The van der Waals surface area contributed by atoms with Crippen molar-refractivity contribution in [3.05, 3.63) is 42.0 Å². The summed E-state index contributed by atoms with van der Waals surface area (Å²) in [4.78, 5) is 24.6. The van der Waals surface area contributed by atoms with E-state index in [-0.39, 0.29) is 17.8 Å². The van der Waals surface area contributed by atoms with Gasteiger partial charge in [0.2, 0.25) is 23.9 Å². The number of anilines is 3. The van der Waals surface area contributed by atoms with Crippen molar-refractivity contribution in [3.63, 3.8) is 0 Å². The summed E-state index contributed by atoms with van der Waals surface area (Å²) >= 11 is 0. The van der Waals surface area contributed by atoms with Gasteiger partial charge in [0.1, 0.15) is 0 Å². The van der Waals surface area contributed by atoms with Gasteiger partial charge in [-0.1, -0.05) is 30.4 Å². The largest absolute Gasteiger partial charge is 0.368 e. The molecule has 1 heterocycles. The van der Waals surface area contributed by atoms with Crippen molar-refractivity contribution >= 4 is 29.5 Å². The Labute approximate surface area is 140 Å². The van der Waals surface area contributed by atoms with Crippen LogP contribution >= 0.6 is 0 Å². The lowest BCUT2D eigenvalue weighted by Gasteiger charge is -2.18. The Morgan fingerprint density at radius 2 is 1.62 bits per heavy atom. The maximum Gasteiger partial charge on any atom is 0.235 e. The fourth-order valence-corrected chi connectivity index (χ4v) is 1.77. The molecule has 1 aromatic heterocycles.